The van der Waals surface area contributed by atoms with Gasteiger partial charge in [0.05, 0.1) is 0 Å². The Hall–Kier alpha value is -1.56. The first-order valence-electron chi connectivity index (χ1n) is 8.73. The molecule has 0 bridgehead atoms. The Kier molecular flexibility index (Phi) is 4.38. The lowest BCUT2D eigenvalue weighted by molar-refractivity contribution is 0.346. The summed E-state index contributed by atoms with van der Waals surface area (Å²) in [5.41, 5.74) is 8.61. The van der Waals surface area contributed by atoms with Gasteiger partial charge < -0.3 is 0 Å². The van der Waals surface area contributed by atoms with Crippen LogP contribution in [-0.2, 0) is 0 Å². The topological polar surface area (TPSA) is 0 Å². The predicted octanol–water partition coefficient (Wildman–Crippen LogP) is 6.57. The molecule has 1 fully saturated rings. The second-order valence-electron chi connectivity index (χ2n) is 7.35. The molecule has 0 heterocycles. The molecule has 0 radical (unpaired) electrons. The molecule has 0 nitrogen and oxygen atoms in total. The van der Waals surface area contributed by atoms with Crippen molar-refractivity contribution in [1.82, 2.24) is 0 Å². The lowest BCUT2D eigenvalue weighted by Crippen LogP contribution is -2.13. The Bertz CT molecular complexity index is 617. The average Bonchev–Trinajstić information content (AvgIpc) is 2.49. The molecule has 3 rings (SSSR count). The van der Waals surface area contributed by atoms with Crippen molar-refractivity contribution in [2.75, 3.05) is 0 Å². The van der Waals surface area contributed by atoms with Gasteiger partial charge in [-0.25, -0.2) is 0 Å². The van der Waals surface area contributed by atoms with Crippen LogP contribution < -0.4 is 0 Å². The van der Waals surface area contributed by atoms with E-state index >= 15 is 0 Å². The lowest BCUT2D eigenvalue weighted by Gasteiger charge is -2.29. The van der Waals surface area contributed by atoms with Gasteiger partial charge in [0.25, 0.3) is 0 Å². The molecule has 0 unspecified atom stereocenters. The Morgan fingerprint density at radius 3 is 1.82 bits per heavy atom. The molecular formula is C22H28. The van der Waals surface area contributed by atoms with Crippen molar-refractivity contribution in [1.29, 1.82) is 0 Å². The van der Waals surface area contributed by atoms with Crippen LogP contribution in [0.5, 0.6) is 0 Å². The van der Waals surface area contributed by atoms with Crippen molar-refractivity contribution in [3.8, 4) is 11.1 Å². The number of hydrogen-bond acceptors (Lipinski definition) is 0. The summed E-state index contributed by atoms with van der Waals surface area (Å²) in [6.07, 6.45) is 5.52. The van der Waals surface area contributed by atoms with Gasteiger partial charge in [0.15, 0.2) is 0 Å². The standard InChI is InChI=1S/C22H28/c1-15-5-9-19(10-6-15)21-13-17(3)22(18(4)14-21)20-11-7-16(2)8-12-20/h5-6,9-10,13-14,16,20H,7-8,11-12H2,1-4H3. The molecule has 2 aromatic rings. The van der Waals surface area contributed by atoms with E-state index in [4.69, 9.17) is 0 Å². The monoisotopic (exact) mass is 292 g/mol. The van der Waals surface area contributed by atoms with Crippen LogP contribution in [-0.4, -0.2) is 0 Å². The molecule has 1 aliphatic carbocycles. The molecule has 0 saturated heterocycles. The highest BCUT2D eigenvalue weighted by Crippen LogP contribution is 2.39. The van der Waals surface area contributed by atoms with Gasteiger partial charge >= 0.3 is 0 Å². The molecule has 0 atom stereocenters. The van der Waals surface area contributed by atoms with Crippen molar-refractivity contribution < 1.29 is 0 Å². The third-order valence-corrected chi connectivity index (χ3v) is 5.40. The minimum Gasteiger partial charge on any atom is -0.0625 e. The first-order chi connectivity index (χ1) is 10.5. The Morgan fingerprint density at radius 1 is 0.727 bits per heavy atom. The zero-order valence-corrected chi connectivity index (χ0v) is 14.4. The second-order valence-corrected chi connectivity index (χ2v) is 7.35. The highest BCUT2D eigenvalue weighted by atomic mass is 14.3. The molecule has 22 heavy (non-hydrogen) atoms. The van der Waals surface area contributed by atoms with Gasteiger partial charge in [0, 0.05) is 0 Å². The maximum absolute atomic E-state index is 2.40. The number of rotatable bonds is 2. The van der Waals surface area contributed by atoms with Gasteiger partial charge in [-0.2, -0.15) is 0 Å². The molecular weight excluding hydrogens is 264 g/mol. The van der Waals surface area contributed by atoms with E-state index < -0.39 is 0 Å². The maximum atomic E-state index is 2.40. The summed E-state index contributed by atoms with van der Waals surface area (Å²) in [5.74, 6) is 1.70. The van der Waals surface area contributed by atoms with E-state index in [9.17, 15) is 0 Å². The highest BCUT2D eigenvalue weighted by Gasteiger charge is 2.22. The van der Waals surface area contributed by atoms with Gasteiger partial charge in [0.2, 0.25) is 0 Å². The van der Waals surface area contributed by atoms with Gasteiger partial charge in [-0.3, -0.25) is 0 Å². The molecule has 0 aliphatic heterocycles. The molecule has 1 saturated carbocycles. The van der Waals surface area contributed by atoms with Crippen LogP contribution in [0.1, 0.15) is 60.8 Å². The fourth-order valence-corrected chi connectivity index (χ4v) is 4.08. The van der Waals surface area contributed by atoms with Crippen LogP contribution in [0.15, 0.2) is 36.4 Å². The molecule has 1 aliphatic rings. The van der Waals surface area contributed by atoms with Crippen molar-refractivity contribution in [2.45, 2.75) is 59.3 Å². The van der Waals surface area contributed by atoms with E-state index in [0.29, 0.717) is 0 Å². The molecule has 0 spiro atoms. The van der Waals surface area contributed by atoms with Gasteiger partial charge in [-0.05, 0) is 73.3 Å². The minimum atomic E-state index is 0.781. The molecule has 0 amide bonds. The second kappa shape index (κ2) is 6.28. The van der Waals surface area contributed by atoms with E-state index in [1.54, 1.807) is 5.56 Å². The summed E-state index contributed by atoms with van der Waals surface area (Å²) in [6.45, 7) is 9.15. The average molecular weight is 292 g/mol. The number of benzene rings is 2. The summed E-state index contributed by atoms with van der Waals surface area (Å²) < 4.78 is 0. The lowest BCUT2D eigenvalue weighted by atomic mass is 9.76. The molecule has 116 valence electrons. The van der Waals surface area contributed by atoms with Crippen molar-refractivity contribution >= 4 is 0 Å². The van der Waals surface area contributed by atoms with Crippen LogP contribution in [0.3, 0.4) is 0 Å². The Balaban J connectivity index is 1.93. The molecule has 0 N–H and O–H groups in total. The minimum absolute atomic E-state index is 0.781. The summed E-state index contributed by atoms with van der Waals surface area (Å²) in [6, 6.07) is 13.7. The van der Waals surface area contributed by atoms with E-state index in [1.165, 1.54) is 53.5 Å². The number of hydrogen-bond donors (Lipinski definition) is 0. The fraction of sp³-hybridized carbons (Fsp3) is 0.455. The molecule has 0 heteroatoms. The van der Waals surface area contributed by atoms with Crippen LogP contribution in [0.2, 0.25) is 0 Å². The third-order valence-electron chi connectivity index (χ3n) is 5.40. The Morgan fingerprint density at radius 2 is 1.27 bits per heavy atom. The SMILES string of the molecule is Cc1ccc(-c2cc(C)c(C3CCC(C)CC3)c(C)c2)cc1. The van der Waals surface area contributed by atoms with Gasteiger partial charge in [0.1, 0.15) is 0 Å². The van der Waals surface area contributed by atoms with E-state index in [1.807, 2.05) is 0 Å². The molecule has 2 aromatic carbocycles. The van der Waals surface area contributed by atoms with Crippen molar-refractivity contribution in [3.63, 3.8) is 0 Å². The largest absolute Gasteiger partial charge is 0.0625 e. The van der Waals surface area contributed by atoms with E-state index in [0.717, 1.165) is 11.8 Å². The summed E-state index contributed by atoms with van der Waals surface area (Å²) >= 11 is 0. The van der Waals surface area contributed by atoms with E-state index in [2.05, 4.69) is 64.1 Å². The fourth-order valence-electron chi connectivity index (χ4n) is 4.08. The van der Waals surface area contributed by atoms with Crippen molar-refractivity contribution in [2.24, 2.45) is 5.92 Å². The first-order valence-corrected chi connectivity index (χ1v) is 8.73. The predicted molar refractivity (Wildman–Crippen MR) is 96.5 cm³/mol. The van der Waals surface area contributed by atoms with Gasteiger partial charge in [-0.15, -0.1) is 0 Å². The van der Waals surface area contributed by atoms with Crippen LogP contribution >= 0.6 is 0 Å². The van der Waals surface area contributed by atoms with Crippen LogP contribution in [0, 0.1) is 26.7 Å². The van der Waals surface area contributed by atoms with E-state index in [-0.39, 0.29) is 0 Å². The maximum Gasteiger partial charge on any atom is -0.0157 e. The normalized spacial score (nSPS) is 21.8. The summed E-state index contributed by atoms with van der Waals surface area (Å²) in [7, 11) is 0. The zero-order valence-electron chi connectivity index (χ0n) is 14.4. The zero-order chi connectivity index (χ0) is 15.7. The smallest absolute Gasteiger partial charge is 0.0157 e. The van der Waals surface area contributed by atoms with Crippen LogP contribution in [0.4, 0.5) is 0 Å². The quantitative estimate of drug-likeness (QED) is 0.587. The first kappa shape index (κ1) is 15.3. The van der Waals surface area contributed by atoms with Crippen molar-refractivity contribution in [3.05, 3.63) is 58.7 Å². The Labute approximate surface area is 135 Å². The highest BCUT2D eigenvalue weighted by molar-refractivity contribution is 5.66. The summed E-state index contributed by atoms with van der Waals surface area (Å²) in [4.78, 5) is 0. The third kappa shape index (κ3) is 3.11. The molecule has 0 aromatic heterocycles. The van der Waals surface area contributed by atoms with Crippen LogP contribution in [0.25, 0.3) is 11.1 Å². The number of aryl methyl sites for hydroxylation is 3. The summed E-state index contributed by atoms with van der Waals surface area (Å²) in [5, 5.41) is 0. The van der Waals surface area contributed by atoms with Gasteiger partial charge in [-0.1, -0.05) is 61.7 Å².